The predicted octanol–water partition coefficient (Wildman–Crippen LogP) is 6.13. The van der Waals surface area contributed by atoms with Crippen LogP contribution in [0.1, 0.15) is 37.9 Å². The molecule has 2 N–H and O–H groups in total. The van der Waals surface area contributed by atoms with Crippen molar-refractivity contribution in [3.63, 3.8) is 0 Å². The zero-order valence-corrected chi connectivity index (χ0v) is 15.9. The van der Waals surface area contributed by atoms with Crippen LogP contribution < -0.4 is 5.32 Å². The minimum absolute atomic E-state index is 0.0333. The van der Waals surface area contributed by atoms with E-state index in [1.807, 2.05) is 57.2 Å². The summed E-state index contributed by atoms with van der Waals surface area (Å²) in [4.78, 5) is 4.31. The standard InChI is InChI=1S/C21H24ClN3/c1-13(2)21(23)20(14(3)17-8-10-18(22)11-9-17)16(5)25-19-7-6-12-24-15(19)4/h6-12,14,23,25H,1H2,2-5H3/b20-16-,23-21?. The summed E-state index contributed by atoms with van der Waals surface area (Å²) >= 11 is 6.01. The third-order valence-corrected chi connectivity index (χ3v) is 4.48. The number of allylic oxidation sites excluding steroid dienone is 3. The number of benzene rings is 1. The van der Waals surface area contributed by atoms with E-state index >= 15 is 0 Å². The summed E-state index contributed by atoms with van der Waals surface area (Å²) < 4.78 is 0. The number of pyridine rings is 1. The molecule has 2 aromatic rings. The number of hydrogen-bond acceptors (Lipinski definition) is 3. The maximum Gasteiger partial charge on any atom is 0.0618 e. The molecule has 1 heterocycles. The van der Waals surface area contributed by atoms with Gasteiger partial charge in [0.1, 0.15) is 0 Å². The predicted molar refractivity (Wildman–Crippen MR) is 108 cm³/mol. The van der Waals surface area contributed by atoms with Gasteiger partial charge >= 0.3 is 0 Å². The van der Waals surface area contributed by atoms with E-state index in [0.29, 0.717) is 10.7 Å². The fourth-order valence-corrected chi connectivity index (χ4v) is 2.89. The topological polar surface area (TPSA) is 48.8 Å². The molecule has 0 aliphatic rings. The van der Waals surface area contributed by atoms with Gasteiger partial charge in [0.25, 0.3) is 0 Å². The number of nitrogens with zero attached hydrogens (tertiary/aromatic N) is 1. The van der Waals surface area contributed by atoms with Crippen LogP contribution >= 0.6 is 11.6 Å². The molecule has 0 amide bonds. The van der Waals surface area contributed by atoms with Gasteiger partial charge in [0, 0.05) is 28.4 Å². The highest BCUT2D eigenvalue weighted by atomic mass is 35.5. The second-order valence-corrected chi connectivity index (χ2v) is 6.67. The molecule has 0 bridgehead atoms. The van der Waals surface area contributed by atoms with Crippen molar-refractivity contribution in [2.45, 2.75) is 33.6 Å². The molecule has 1 aromatic carbocycles. The number of aromatic nitrogens is 1. The Labute approximate surface area is 155 Å². The minimum Gasteiger partial charge on any atom is -0.357 e. The van der Waals surface area contributed by atoms with Crippen LogP contribution in [0.25, 0.3) is 0 Å². The van der Waals surface area contributed by atoms with E-state index < -0.39 is 0 Å². The van der Waals surface area contributed by atoms with Crippen molar-refractivity contribution < 1.29 is 0 Å². The zero-order chi connectivity index (χ0) is 18.6. The SMILES string of the molecule is C=C(C)C(=N)/C(=C(/C)Nc1cccnc1C)C(C)c1ccc(Cl)cc1. The number of rotatable bonds is 6. The Bertz CT molecular complexity index is 819. The minimum atomic E-state index is 0.0333. The van der Waals surface area contributed by atoms with E-state index in [1.165, 1.54) is 0 Å². The van der Waals surface area contributed by atoms with E-state index in [1.54, 1.807) is 6.20 Å². The lowest BCUT2D eigenvalue weighted by Gasteiger charge is -2.22. The summed E-state index contributed by atoms with van der Waals surface area (Å²) in [5.41, 5.74) is 5.99. The average Bonchev–Trinajstić information content (AvgIpc) is 2.57. The number of nitrogens with one attached hydrogen (secondary N) is 2. The Balaban J connectivity index is 2.47. The fraction of sp³-hybridized carbons (Fsp3) is 0.238. The normalized spacial score (nSPS) is 13.0. The molecule has 1 unspecified atom stereocenters. The highest BCUT2D eigenvalue weighted by Crippen LogP contribution is 2.30. The second-order valence-electron chi connectivity index (χ2n) is 6.23. The van der Waals surface area contributed by atoms with Crippen molar-refractivity contribution in [1.29, 1.82) is 5.41 Å². The Morgan fingerprint density at radius 3 is 2.40 bits per heavy atom. The van der Waals surface area contributed by atoms with Crippen molar-refractivity contribution in [1.82, 2.24) is 4.98 Å². The summed E-state index contributed by atoms with van der Waals surface area (Å²) in [5.74, 6) is 0.0333. The molecule has 1 atom stereocenters. The van der Waals surface area contributed by atoms with Gasteiger partial charge in [0.15, 0.2) is 0 Å². The van der Waals surface area contributed by atoms with E-state index in [-0.39, 0.29) is 5.92 Å². The van der Waals surface area contributed by atoms with Crippen LogP contribution in [0.5, 0.6) is 0 Å². The summed E-state index contributed by atoms with van der Waals surface area (Å²) in [6.45, 7) is 11.9. The lowest BCUT2D eigenvalue weighted by atomic mass is 9.86. The first-order valence-corrected chi connectivity index (χ1v) is 8.58. The maximum absolute atomic E-state index is 8.53. The molecule has 4 heteroatoms. The van der Waals surface area contributed by atoms with Crippen LogP contribution in [0, 0.1) is 12.3 Å². The van der Waals surface area contributed by atoms with Gasteiger partial charge in [0.2, 0.25) is 0 Å². The summed E-state index contributed by atoms with van der Waals surface area (Å²) in [5, 5.41) is 12.7. The number of halogens is 1. The van der Waals surface area contributed by atoms with Gasteiger partial charge in [-0.2, -0.15) is 0 Å². The molecule has 0 spiro atoms. The number of aryl methyl sites for hydroxylation is 1. The highest BCUT2D eigenvalue weighted by molar-refractivity contribution is 6.30. The van der Waals surface area contributed by atoms with Crippen molar-refractivity contribution >= 4 is 23.0 Å². The largest absolute Gasteiger partial charge is 0.357 e. The molecule has 0 aliphatic carbocycles. The van der Waals surface area contributed by atoms with Gasteiger partial charge in [-0.1, -0.05) is 37.2 Å². The van der Waals surface area contributed by atoms with Crippen LogP contribution in [-0.4, -0.2) is 10.7 Å². The fourth-order valence-electron chi connectivity index (χ4n) is 2.76. The van der Waals surface area contributed by atoms with Gasteiger partial charge in [-0.25, -0.2) is 0 Å². The summed E-state index contributed by atoms with van der Waals surface area (Å²) in [7, 11) is 0. The second kappa shape index (κ2) is 8.13. The molecular formula is C21H24ClN3. The first-order chi connectivity index (χ1) is 11.8. The van der Waals surface area contributed by atoms with Gasteiger partial charge in [-0.3, -0.25) is 4.98 Å². The van der Waals surface area contributed by atoms with Crippen molar-refractivity contribution in [2.75, 3.05) is 5.32 Å². The molecule has 0 radical (unpaired) electrons. The number of hydrogen-bond donors (Lipinski definition) is 2. The molecule has 25 heavy (non-hydrogen) atoms. The van der Waals surface area contributed by atoms with Gasteiger partial charge in [-0.15, -0.1) is 0 Å². The molecule has 0 saturated heterocycles. The van der Waals surface area contributed by atoms with E-state index in [9.17, 15) is 0 Å². The molecule has 2 rings (SSSR count). The van der Waals surface area contributed by atoms with Gasteiger partial charge in [-0.05, 0) is 56.2 Å². The van der Waals surface area contributed by atoms with E-state index in [0.717, 1.165) is 33.8 Å². The van der Waals surface area contributed by atoms with Crippen LogP contribution in [0.3, 0.4) is 0 Å². The van der Waals surface area contributed by atoms with E-state index in [4.69, 9.17) is 17.0 Å². The lowest BCUT2D eigenvalue weighted by molar-refractivity contribution is 0.914. The Morgan fingerprint density at radius 1 is 1.20 bits per heavy atom. The van der Waals surface area contributed by atoms with Crippen LogP contribution in [-0.2, 0) is 0 Å². The maximum atomic E-state index is 8.53. The smallest absolute Gasteiger partial charge is 0.0618 e. The molecular weight excluding hydrogens is 330 g/mol. The molecule has 1 aromatic heterocycles. The Morgan fingerprint density at radius 2 is 1.84 bits per heavy atom. The van der Waals surface area contributed by atoms with Crippen molar-refractivity contribution in [3.8, 4) is 0 Å². The lowest BCUT2D eigenvalue weighted by Crippen LogP contribution is -2.15. The molecule has 130 valence electrons. The third-order valence-electron chi connectivity index (χ3n) is 4.23. The Kier molecular flexibility index (Phi) is 6.16. The monoisotopic (exact) mass is 353 g/mol. The zero-order valence-electron chi connectivity index (χ0n) is 15.2. The third kappa shape index (κ3) is 4.58. The van der Waals surface area contributed by atoms with Gasteiger partial charge in [0.05, 0.1) is 17.1 Å². The van der Waals surface area contributed by atoms with Crippen molar-refractivity contribution in [3.05, 3.63) is 82.3 Å². The quantitative estimate of drug-likeness (QED) is 0.614. The molecule has 0 aliphatic heterocycles. The van der Waals surface area contributed by atoms with Crippen LogP contribution in [0.15, 0.2) is 66.0 Å². The van der Waals surface area contributed by atoms with E-state index in [2.05, 4.69) is 23.8 Å². The summed E-state index contributed by atoms with van der Waals surface area (Å²) in [6.07, 6.45) is 1.77. The van der Waals surface area contributed by atoms with Gasteiger partial charge < -0.3 is 10.7 Å². The Hall–Kier alpha value is -2.39. The first-order valence-electron chi connectivity index (χ1n) is 8.21. The number of anilines is 1. The van der Waals surface area contributed by atoms with Crippen molar-refractivity contribution in [2.24, 2.45) is 0 Å². The van der Waals surface area contributed by atoms with Crippen LogP contribution in [0.2, 0.25) is 5.02 Å². The molecule has 3 nitrogen and oxygen atoms in total. The molecule has 0 fully saturated rings. The molecule has 0 saturated carbocycles. The first kappa shape index (κ1) is 18.9. The van der Waals surface area contributed by atoms with Crippen LogP contribution in [0.4, 0.5) is 5.69 Å². The summed E-state index contributed by atoms with van der Waals surface area (Å²) in [6, 6.07) is 11.6. The average molecular weight is 354 g/mol. The highest BCUT2D eigenvalue weighted by Gasteiger charge is 2.20.